The molecule has 2 rings (SSSR count). The first-order chi connectivity index (χ1) is 9.02. The van der Waals surface area contributed by atoms with Crippen molar-refractivity contribution in [3.63, 3.8) is 0 Å². The Morgan fingerprint density at radius 1 is 1.21 bits per heavy atom. The van der Waals surface area contributed by atoms with E-state index < -0.39 is 5.97 Å². The summed E-state index contributed by atoms with van der Waals surface area (Å²) in [4.78, 5) is 11.1. The molecule has 0 atom stereocenters. The van der Waals surface area contributed by atoms with Crippen LogP contribution in [0.4, 0.5) is 4.39 Å². The Balaban J connectivity index is 2.57. The van der Waals surface area contributed by atoms with Gasteiger partial charge in [-0.1, -0.05) is 18.2 Å². The van der Waals surface area contributed by atoms with Crippen LogP contribution >= 0.6 is 0 Å². The van der Waals surface area contributed by atoms with Gasteiger partial charge in [0.2, 0.25) is 0 Å². The number of rotatable bonds is 3. The molecule has 0 spiro atoms. The van der Waals surface area contributed by atoms with Crippen LogP contribution in [0, 0.1) is 12.7 Å². The highest BCUT2D eigenvalue weighted by Crippen LogP contribution is 2.28. The first-order valence-corrected chi connectivity index (χ1v) is 5.71. The minimum atomic E-state index is -1.11. The molecule has 98 valence electrons. The van der Waals surface area contributed by atoms with E-state index in [1.54, 1.807) is 25.1 Å². The number of benzene rings is 2. The van der Waals surface area contributed by atoms with E-state index in [2.05, 4.69) is 0 Å². The van der Waals surface area contributed by atoms with E-state index in [0.29, 0.717) is 11.1 Å². The summed E-state index contributed by atoms with van der Waals surface area (Å²) in [6.45, 7) is 1.80. The Bertz CT molecular complexity index is 635. The Morgan fingerprint density at radius 3 is 2.53 bits per heavy atom. The van der Waals surface area contributed by atoms with Crippen molar-refractivity contribution in [3.8, 4) is 16.9 Å². The zero-order valence-corrected chi connectivity index (χ0v) is 10.6. The van der Waals surface area contributed by atoms with Crippen LogP contribution in [0.3, 0.4) is 0 Å². The molecule has 0 heterocycles. The van der Waals surface area contributed by atoms with E-state index >= 15 is 0 Å². The van der Waals surface area contributed by atoms with Crippen LogP contribution in [-0.2, 0) is 0 Å². The number of aryl methyl sites for hydroxylation is 1. The first-order valence-electron chi connectivity index (χ1n) is 5.71. The van der Waals surface area contributed by atoms with Gasteiger partial charge in [0.25, 0.3) is 0 Å². The highest BCUT2D eigenvalue weighted by Gasteiger charge is 2.14. The Hall–Kier alpha value is -2.36. The number of hydrogen-bond donors (Lipinski definition) is 1. The first kappa shape index (κ1) is 13.1. The standard InChI is InChI=1S/C15H13FO3/c1-9-3-5-11(13(16)7-9)10-4-6-14(19-2)12(8-10)15(17)18/h3-8H,1-2H3,(H,17,18). The molecule has 0 saturated carbocycles. The largest absolute Gasteiger partial charge is 0.496 e. The minimum absolute atomic E-state index is 0.0139. The Kier molecular flexibility index (Phi) is 3.51. The average Bonchev–Trinajstić information content (AvgIpc) is 2.38. The van der Waals surface area contributed by atoms with E-state index in [4.69, 9.17) is 9.84 Å². The smallest absolute Gasteiger partial charge is 0.339 e. The van der Waals surface area contributed by atoms with Gasteiger partial charge in [0.05, 0.1) is 7.11 Å². The van der Waals surface area contributed by atoms with Crippen molar-refractivity contribution in [2.24, 2.45) is 0 Å². The molecule has 4 heteroatoms. The lowest BCUT2D eigenvalue weighted by Gasteiger charge is -2.09. The summed E-state index contributed by atoms with van der Waals surface area (Å²) in [6.07, 6.45) is 0. The Morgan fingerprint density at radius 2 is 1.95 bits per heavy atom. The van der Waals surface area contributed by atoms with Crippen LogP contribution in [0.1, 0.15) is 15.9 Å². The van der Waals surface area contributed by atoms with Gasteiger partial charge in [0.1, 0.15) is 17.1 Å². The van der Waals surface area contributed by atoms with Gasteiger partial charge >= 0.3 is 5.97 Å². The predicted octanol–water partition coefficient (Wildman–Crippen LogP) is 3.51. The number of methoxy groups -OCH3 is 1. The third-order valence-corrected chi connectivity index (χ3v) is 2.87. The van der Waals surface area contributed by atoms with Crippen molar-refractivity contribution >= 4 is 5.97 Å². The molecule has 0 aliphatic rings. The molecule has 2 aromatic rings. The molecular weight excluding hydrogens is 247 g/mol. The summed E-state index contributed by atoms with van der Waals surface area (Å²) in [5.41, 5.74) is 1.71. The van der Waals surface area contributed by atoms with Gasteiger partial charge in [-0.3, -0.25) is 0 Å². The highest BCUT2D eigenvalue weighted by molar-refractivity contribution is 5.92. The number of carbonyl (C=O) groups is 1. The fourth-order valence-electron chi connectivity index (χ4n) is 1.90. The van der Waals surface area contributed by atoms with Crippen molar-refractivity contribution in [2.75, 3.05) is 7.11 Å². The van der Waals surface area contributed by atoms with Gasteiger partial charge in [-0.2, -0.15) is 0 Å². The molecule has 0 aliphatic heterocycles. The second kappa shape index (κ2) is 5.10. The van der Waals surface area contributed by atoms with Crippen LogP contribution in [0.15, 0.2) is 36.4 Å². The summed E-state index contributed by atoms with van der Waals surface area (Å²) in [7, 11) is 1.40. The number of carboxylic acid groups (broad SMARTS) is 1. The van der Waals surface area contributed by atoms with Crippen molar-refractivity contribution < 1.29 is 19.0 Å². The van der Waals surface area contributed by atoms with Crippen LogP contribution in [0.25, 0.3) is 11.1 Å². The minimum Gasteiger partial charge on any atom is -0.496 e. The quantitative estimate of drug-likeness (QED) is 0.918. The van der Waals surface area contributed by atoms with Gasteiger partial charge < -0.3 is 9.84 Å². The predicted molar refractivity (Wildman–Crippen MR) is 70.1 cm³/mol. The Labute approximate surface area is 110 Å². The zero-order valence-electron chi connectivity index (χ0n) is 10.6. The van der Waals surface area contributed by atoms with Crippen LogP contribution in [0.5, 0.6) is 5.75 Å². The van der Waals surface area contributed by atoms with Crippen molar-refractivity contribution in [1.29, 1.82) is 0 Å². The molecule has 0 unspecified atom stereocenters. The molecule has 19 heavy (non-hydrogen) atoms. The van der Waals surface area contributed by atoms with Gasteiger partial charge in [-0.25, -0.2) is 9.18 Å². The molecule has 0 radical (unpaired) electrons. The summed E-state index contributed by atoms with van der Waals surface area (Å²) in [5.74, 6) is -1.23. The second-order valence-corrected chi connectivity index (χ2v) is 4.20. The maximum absolute atomic E-state index is 13.9. The third kappa shape index (κ3) is 2.57. The van der Waals surface area contributed by atoms with Gasteiger partial charge in [-0.15, -0.1) is 0 Å². The van der Waals surface area contributed by atoms with Crippen LogP contribution < -0.4 is 4.74 Å². The molecule has 0 amide bonds. The monoisotopic (exact) mass is 260 g/mol. The molecule has 0 saturated heterocycles. The summed E-state index contributed by atoms with van der Waals surface area (Å²) < 4.78 is 18.8. The van der Waals surface area contributed by atoms with Gasteiger partial charge in [0, 0.05) is 5.56 Å². The number of ether oxygens (including phenoxy) is 1. The summed E-state index contributed by atoms with van der Waals surface area (Å²) in [6, 6.07) is 9.41. The van der Waals surface area contributed by atoms with Crippen LogP contribution in [-0.4, -0.2) is 18.2 Å². The number of aromatic carboxylic acids is 1. The zero-order chi connectivity index (χ0) is 14.0. The highest BCUT2D eigenvalue weighted by atomic mass is 19.1. The molecule has 2 aromatic carbocycles. The van der Waals surface area contributed by atoms with Crippen molar-refractivity contribution in [2.45, 2.75) is 6.92 Å². The average molecular weight is 260 g/mol. The molecular formula is C15H13FO3. The summed E-state index contributed by atoms with van der Waals surface area (Å²) in [5, 5.41) is 9.11. The molecule has 1 N–H and O–H groups in total. The lowest BCUT2D eigenvalue weighted by molar-refractivity contribution is 0.0693. The SMILES string of the molecule is COc1ccc(-c2ccc(C)cc2F)cc1C(=O)O. The van der Waals surface area contributed by atoms with E-state index in [1.165, 1.54) is 25.3 Å². The normalized spacial score (nSPS) is 10.3. The molecule has 0 aromatic heterocycles. The van der Waals surface area contributed by atoms with E-state index in [9.17, 15) is 9.18 Å². The van der Waals surface area contributed by atoms with Gasteiger partial charge in [-0.05, 0) is 36.2 Å². The van der Waals surface area contributed by atoms with Crippen molar-refractivity contribution in [3.05, 3.63) is 53.3 Å². The fourth-order valence-corrected chi connectivity index (χ4v) is 1.90. The van der Waals surface area contributed by atoms with E-state index in [0.717, 1.165) is 5.56 Å². The van der Waals surface area contributed by atoms with E-state index in [1.807, 2.05) is 0 Å². The molecule has 0 bridgehead atoms. The van der Waals surface area contributed by atoms with Crippen molar-refractivity contribution in [1.82, 2.24) is 0 Å². The topological polar surface area (TPSA) is 46.5 Å². The number of carboxylic acids is 1. The molecule has 0 aliphatic carbocycles. The lowest BCUT2D eigenvalue weighted by atomic mass is 10.0. The summed E-state index contributed by atoms with van der Waals surface area (Å²) >= 11 is 0. The fraction of sp³-hybridized carbons (Fsp3) is 0.133. The number of halogens is 1. The van der Waals surface area contributed by atoms with Gasteiger partial charge in [0.15, 0.2) is 0 Å². The molecule has 0 fully saturated rings. The maximum Gasteiger partial charge on any atom is 0.339 e. The number of hydrogen-bond acceptors (Lipinski definition) is 2. The molecule has 3 nitrogen and oxygen atoms in total. The lowest BCUT2D eigenvalue weighted by Crippen LogP contribution is -2.01. The third-order valence-electron chi connectivity index (χ3n) is 2.87. The maximum atomic E-state index is 13.9. The van der Waals surface area contributed by atoms with Crippen LogP contribution in [0.2, 0.25) is 0 Å². The van der Waals surface area contributed by atoms with E-state index in [-0.39, 0.29) is 17.1 Å². The second-order valence-electron chi connectivity index (χ2n) is 4.20.